The summed E-state index contributed by atoms with van der Waals surface area (Å²) in [5, 5.41) is 9.94. The van der Waals surface area contributed by atoms with Gasteiger partial charge in [0.05, 0.1) is 12.6 Å². The van der Waals surface area contributed by atoms with Crippen LogP contribution in [0.4, 0.5) is 0 Å². The maximum Gasteiger partial charge on any atom is 1.00 e. The molecule has 0 saturated heterocycles. The standard InChI is InChI=1S/C10H20O3.Na/c1-2-3-4-5-6-7-8-13-9-10(11)12;/h2-9H2,1H3,(H,11,12);/q;+1/p-1. The summed E-state index contributed by atoms with van der Waals surface area (Å²) >= 11 is 0. The van der Waals surface area contributed by atoms with E-state index in [4.69, 9.17) is 4.74 Å². The number of hydrogen-bond donors (Lipinski definition) is 0. The van der Waals surface area contributed by atoms with Crippen LogP contribution in [0, 0.1) is 0 Å². The summed E-state index contributed by atoms with van der Waals surface area (Å²) in [4.78, 5) is 9.94. The summed E-state index contributed by atoms with van der Waals surface area (Å²) < 4.78 is 4.84. The zero-order chi connectivity index (χ0) is 9.94. The second-order valence-corrected chi connectivity index (χ2v) is 3.19. The average molecular weight is 210 g/mol. The molecule has 0 amide bonds. The monoisotopic (exact) mass is 210 g/mol. The fourth-order valence-electron chi connectivity index (χ4n) is 1.14. The number of hydrogen-bond acceptors (Lipinski definition) is 3. The molecule has 4 heteroatoms. The fraction of sp³-hybridized carbons (Fsp3) is 0.900. The second-order valence-electron chi connectivity index (χ2n) is 3.19. The Bertz CT molecular complexity index is 129. The minimum absolute atomic E-state index is 0. The molecule has 3 nitrogen and oxygen atoms in total. The van der Waals surface area contributed by atoms with Gasteiger partial charge in [-0.25, -0.2) is 0 Å². The van der Waals surface area contributed by atoms with Crippen LogP contribution in [0.3, 0.4) is 0 Å². The van der Waals surface area contributed by atoms with E-state index in [1.54, 1.807) is 0 Å². The molecule has 0 aromatic rings. The Morgan fingerprint density at radius 3 is 2.29 bits per heavy atom. The zero-order valence-corrected chi connectivity index (χ0v) is 11.4. The largest absolute Gasteiger partial charge is 1.00 e. The summed E-state index contributed by atoms with van der Waals surface area (Å²) in [7, 11) is 0. The quantitative estimate of drug-likeness (QED) is 0.330. The van der Waals surface area contributed by atoms with Crippen molar-refractivity contribution < 1.29 is 44.2 Å². The zero-order valence-electron chi connectivity index (χ0n) is 9.38. The van der Waals surface area contributed by atoms with Crippen LogP contribution in [0.15, 0.2) is 0 Å². The Morgan fingerprint density at radius 2 is 1.71 bits per heavy atom. The van der Waals surface area contributed by atoms with Gasteiger partial charge in [0.15, 0.2) is 0 Å². The molecule has 0 atom stereocenters. The Kier molecular flexibility index (Phi) is 16.2. The van der Waals surface area contributed by atoms with Gasteiger partial charge in [-0.2, -0.15) is 0 Å². The maximum absolute atomic E-state index is 9.94. The number of carbonyl (C=O) groups is 1. The summed E-state index contributed by atoms with van der Waals surface area (Å²) in [6, 6.07) is 0. The number of rotatable bonds is 9. The number of carboxylic acids is 1. The number of carbonyl (C=O) groups excluding carboxylic acids is 1. The summed E-state index contributed by atoms with van der Waals surface area (Å²) in [5.74, 6) is -1.13. The smallest absolute Gasteiger partial charge is 0.548 e. The maximum atomic E-state index is 9.94. The molecule has 0 unspecified atom stereocenters. The van der Waals surface area contributed by atoms with E-state index in [0.717, 1.165) is 12.8 Å². The van der Waals surface area contributed by atoms with Crippen molar-refractivity contribution in [2.24, 2.45) is 0 Å². The molecule has 0 heterocycles. The first-order chi connectivity index (χ1) is 6.27. The minimum Gasteiger partial charge on any atom is -0.548 e. The predicted molar refractivity (Wildman–Crippen MR) is 49.2 cm³/mol. The van der Waals surface area contributed by atoms with Gasteiger partial charge in [-0.15, -0.1) is 0 Å². The third-order valence-corrected chi connectivity index (χ3v) is 1.86. The van der Waals surface area contributed by atoms with Crippen molar-refractivity contribution in [1.29, 1.82) is 0 Å². The van der Waals surface area contributed by atoms with Crippen molar-refractivity contribution in [3.63, 3.8) is 0 Å². The molecule has 0 bridgehead atoms. The normalized spacial score (nSPS) is 9.50. The molecule has 0 rings (SSSR count). The summed E-state index contributed by atoms with van der Waals surface area (Å²) in [5.41, 5.74) is 0. The number of unbranched alkanes of at least 4 members (excludes halogenated alkanes) is 5. The number of ether oxygens (including phenoxy) is 1. The van der Waals surface area contributed by atoms with Crippen LogP contribution in [-0.4, -0.2) is 19.2 Å². The fourth-order valence-corrected chi connectivity index (χ4v) is 1.14. The van der Waals surface area contributed by atoms with Gasteiger partial charge >= 0.3 is 29.6 Å². The number of aliphatic carboxylic acids is 1. The van der Waals surface area contributed by atoms with Crippen molar-refractivity contribution in [1.82, 2.24) is 0 Å². The molecule has 0 aromatic heterocycles. The van der Waals surface area contributed by atoms with Crippen molar-refractivity contribution in [2.45, 2.75) is 45.4 Å². The first-order valence-corrected chi connectivity index (χ1v) is 5.05. The second kappa shape index (κ2) is 13.4. The molecule has 0 aromatic carbocycles. The van der Waals surface area contributed by atoms with Crippen molar-refractivity contribution in [2.75, 3.05) is 13.2 Å². The van der Waals surface area contributed by atoms with E-state index in [2.05, 4.69) is 6.92 Å². The predicted octanol–water partition coefficient (Wildman–Crippen LogP) is -1.88. The molecular formula is C10H19NaO3. The summed E-state index contributed by atoms with van der Waals surface area (Å²) in [6.07, 6.45) is 7.13. The van der Waals surface area contributed by atoms with Gasteiger partial charge in [0, 0.05) is 6.61 Å². The molecule has 78 valence electrons. The molecule has 0 saturated carbocycles. The van der Waals surface area contributed by atoms with Crippen molar-refractivity contribution in [3.8, 4) is 0 Å². The van der Waals surface area contributed by atoms with Crippen LogP contribution in [0.2, 0.25) is 0 Å². The van der Waals surface area contributed by atoms with Gasteiger partial charge < -0.3 is 14.6 Å². The Labute approximate surface area is 109 Å². The van der Waals surface area contributed by atoms with E-state index in [0.29, 0.717) is 6.61 Å². The van der Waals surface area contributed by atoms with Gasteiger partial charge in [-0.3, -0.25) is 0 Å². The van der Waals surface area contributed by atoms with E-state index in [1.807, 2.05) is 0 Å². The molecular weight excluding hydrogens is 191 g/mol. The van der Waals surface area contributed by atoms with E-state index < -0.39 is 5.97 Å². The molecule has 0 spiro atoms. The average Bonchev–Trinajstić information content (AvgIpc) is 2.09. The van der Waals surface area contributed by atoms with E-state index in [1.165, 1.54) is 25.7 Å². The first-order valence-electron chi connectivity index (χ1n) is 5.05. The third kappa shape index (κ3) is 14.9. The Balaban J connectivity index is 0. The number of carboxylic acid groups (broad SMARTS) is 1. The van der Waals surface area contributed by atoms with Crippen LogP contribution >= 0.6 is 0 Å². The van der Waals surface area contributed by atoms with Gasteiger partial charge in [0.25, 0.3) is 0 Å². The molecule has 0 aliphatic carbocycles. The third-order valence-electron chi connectivity index (χ3n) is 1.86. The van der Waals surface area contributed by atoms with Crippen LogP contribution in [0.5, 0.6) is 0 Å². The van der Waals surface area contributed by atoms with Gasteiger partial charge in [0.2, 0.25) is 0 Å². The topological polar surface area (TPSA) is 49.4 Å². The molecule has 0 aliphatic heterocycles. The van der Waals surface area contributed by atoms with Crippen molar-refractivity contribution >= 4 is 5.97 Å². The molecule has 14 heavy (non-hydrogen) atoms. The summed E-state index contributed by atoms with van der Waals surface area (Å²) in [6.45, 7) is 2.46. The van der Waals surface area contributed by atoms with Crippen LogP contribution in [-0.2, 0) is 9.53 Å². The van der Waals surface area contributed by atoms with Crippen LogP contribution in [0.1, 0.15) is 45.4 Å². The van der Waals surface area contributed by atoms with Crippen LogP contribution < -0.4 is 34.7 Å². The first kappa shape index (κ1) is 16.8. The molecule has 0 radical (unpaired) electrons. The molecule has 0 N–H and O–H groups in total. The van der Waals surface area contributed by atoms with Crippen LogP contribution in [0.25, 0.3) is 0 Å². The van der Waals surface area contributed by atoms with Gasteiger partial charge in [0.1, 0.15) is 0 Å². The Morgan fingerprint density at radius 1 is 1.14 bits per heavy atom. The van der Waals surface area contributed by atoms with E-state index in [9.17, 15) is 9.90 Å². The molecule has 0 aliphatic rings. The Hall–Kier alpha value is 0.430. The SMILES string of the molecule is CCCCCCCCOCC(=O)[O-].[Na+]. The van der Waals surface area contributed by atoms with E-state index in [-0.39, 0.29) is 36.2 Å². The molecule has 0 fully saturated rings. The van der Waals surface area contributed by atoms with Crippen molar-refractivity contribution in [3.05, 3.63) is 0 Å². The minimum atomic E-state index is -1.13. The van der Waals surface area contributed by atoms with E-state index >= 15 is 0 Å². The van der Waals surface area contributed by atoms with Gasteiger partial charge in [-0.1, -0.05) is 39.0 Å². The van der Waals surface area contributed by atoms with Gasteiger partial charge in [-0.05, 0) is 6.42 Å².